The minimum atomic E-state index is -2.70. The Morgan fingerprint density at radius 2 is 2.09 bits per heavy atom. The quantitative estimate of drug-likeness (QED) is 0.284. The molecule has 0 aliphatic carbocycles. The van der Waals surface area contributed by atoms with E-state index in [1.165, 1.54) is 11.3 Å². The van der Waals surface area contributed by atoms with E-state index in [0.29, 0.717) is 8.64 Å². The molecule has 3 rings (SSSR count). The normalized spacial score (nSPS) is 13.8. The van der Waals surface area contributed by atoms with E-state index in [0.717, 1.165) is 21.3 Å². The van der Waals surface area contributed by atoms with Gasteiger partial charge in [0.25, 0.3) is 0 Å². The fourth-order valence-electron chi connectivity index (χ4n) is 2.00. The molecule has 1 unspecified atom stereocenters. The summed E-state index contributed by atoms with van der Waals surface area (Å²) in [5.74, 6) is 2.53. The van der Waals surface area contributed by atoms with Gasteiger partial charge in [-0.2, -0.15) is 0 Å². The molecule has 6 heteroatoms. The second kappa shape index (κ2) is 6.36. The molecule has 3 aromatic rings. The first-order valence-corrected chi connectivity index (χ1v) is 12.8. The van der Waals surface area contributed by atoms with Gasteiger partial charge in [0.05, 0.1) is 0 Å². The third-order valence-electron chi connectivity index (χ3n) is 3.07. The molecule has 112 valence electrons. The number of nitrogens with zero attached hydrogens (tertiary/aromatic N) is 1. The Hall–Kier alpha value is -1.43. The molecule has 3 nitrogen and oxygen atoms in total. The topological polar surface area (TPSA) is 53.8 Å². The average molecular weight is 439 g/mol. The van der Waals surface area contributed by atoms with Crippen LogP contribution in [-0.2, 0) is 11.3 Å². The van der Waals surface area contributed by atoms with Crippen molar-refractivity contribution in [2.45, 2.75) is 8.64 Å². The number of para-hydroxylation sites is 1. The molecule has 0 radical (unpaired) electrons. The Morgan fingerprint density at radius 1 is 1.27 bits per heavy atom. The first kappa shape index (κ1) is 15.5. The van der Waals surface area contributed by atoms with E-state index < -0.39 is 26.7 Å². The first-order chi connectivity index (χ1) is 10.6. The number of halogens is 1. The van der Waals surface area contributed by atoms with Crippen LogP contribution >= 0.6 is 11.3 Å². The third-order valence-corrected chi connectivity index (χ3v) is 12.6. The van der Waals surface area contributed by atoms with Gasteiger partial charge in [-0.25, -0.2) is 0 Å². The van der Waals surface area contributed by atoms with Crippen LogP contribution in [0.5, 0.6) is 0 Å². The average Bonchev–Trinajstić information content (AvgIpc) is 3.03. The van der Waals surface area contributed by atoms with Crippen molar-refractivity contribution in [2.24, 2.45) is 0 Å². The van der Waals surface area contributed by atoms with Gasteiger partial charge in [0.2, 0.25) is 0 Å². The molecule has 0 spiro atoms. The molecule has 22 heavy (non-hydrogen) atoms. The number of thiophene rings is 1. The Morgan fingerprint density at radius 3 is 2.86 bits per heavy atom. The number of fused-ring (bicyclic) bond motifs is 1. The standard InChI is InChI=1S/C16H12IN2OS2/c1-2-13-7-8-16(21-13)22(18,20)17-11-12-9-10-19-15-6-4-3-5-14(12)15/h1,3-10,18H,11H2/q-1. The molecule has 0 saturated carbocycles. The number of aromatic nitrogens is 1. The summed E-state index contributed by atoms with van der Waals surface area (Å²) in [6.45, 7) is -2.70. The van der Waals surface area contributed by atoms with Gasteiger partial charge < -0.3 is 0 Å². The van der Waals surface area contributed by atoms with Crippen molar-refractivity contribution < 1.29 is 24.0 Å². The van der Waals surface area contributed by atoms with Crippen LogP contribution in [0, 0.1) is 17.1 Å². The van der Waals surface area contributed by atoms with Gasteiger partial charge >= 0.3 is 143 Å². The summed E-state index contributed by atoms with van der Waals surface area (Å²) in [6, 6.07) is 13.4. The fourth-order valence-corrected chi connectivity index (χ4v) is 9.92. The zero-order valence-corrected chi connectivity index (χ0v) is 15.2. The predicted octanol–water partition coefficient (Wildman–Crippen LogP) is 0.887. The summed E-state index contributed by atoms with van der Waals surface area (Å²) in [6.07, 6.45) is 7.11. The van der Waals surface area contributed by atoms with E-state index in [-0.39, 0.29) is 0 Å². The van der Waals surface area contributed by atoms with Gasteiger partial charge in [-0.05, 0) is 0 Å². The minimum absolute atomic E-state index is 0.603. The zero-order valence-electron chi connectivity index (χ0n) is 11.5. The number of terminal acetylenes is 1. The molecule has 0 aliphatic rings. The van der Waals surface area contributed by atoms with E-state index in [9.17, 15) is 4.21 Å². The van der Waals surface area contributed by atoms with Crippen LogP contribution in [0.1, 0.15) is 10.4 Å². The van der Waals surface area contributed by atoms with Gasteiger partial charge in [-0.15, -0.1) is 0 Å². The fraction of sp³-hybridized carbons (Fsp3) is 0.0625. The van der Waals surface area contributed by atoms with E-state index in [1.807, 2.05) is 30.3 Å². The Kier molecular flexibility index (Phi) is 4.47. The number of hydrogen-bond donors (Lipinski definition) is 1. The van der Waals surface area contributed by atoms with Crippen molar-refractivity contribution in [1.82, 2.24) is 4.98 Å². The predicted molar refractivity (Wildman–Crippen MR) is 86.8 cm³/mol. The Labute approximate surface area is 142 Å². The molecule has 0 saturated heterocycles. The van der Waals surface area contributed by atoms with Crippen molar-refractivity contribution in [3.05, 3.63) is 59.1 Å². The van der Waals surface area contributed by atoms with Crippen molar-refractivity contribution >= 4 is 29.1 Å². The van der Waals surface area contributed by atoms with Crippen LogP contribution in [0.4, 0.5) is 0 Å². The van der Waals surface area contributed by atoms with Crippen molar-refractivity contribution in [2.75, 3.05) is 0 Å². The SMILES string of the molecule is C#Cc1ccc(S(=N)(=O)[I-]Cc2ccnc3ccccc23)s1. The first-order valence-electron chi connectivity index (χ1n) is 6.39. The molecule has 1 aromatic carbocycles. The molecule has 0 fully saturated rings. The Bertz CT molecular complexity index is 966. The monoisotopic (exact) mass is 439 g/mol. The molecular weight excluding hydrogens is 427 g/mol. The van der Waals surface area contributed by atoms with Crippen LogP contribution in [0.25, 0.3) is 10.9 Å². The van der Waals surface area contributed by atoms with E-state index in [1.54, 1.807) is 18.3 Å². The number of rotatable bonds is 4. The van der Waals surface area contributed by atoms with Crippen LogP contribution < -0.4 is 19.8 Å². The van der Waals surface area contributed by atoms with Gasteiger partial charge in [0.1, 0.15) is 0 Å². The molecule has 0 bridgehead atoms. The molecule has 2 aromatic heterocycles. The summed E-state index contributed by atoms with van der Waals surface area (Å²) in [4.78, 5) is 5.06. The molecule has 1 atom stereocenters. The number of nitrogens with one attached hydrogen (secondary N) is 1. The number of pyridine rings is 1. The van der Waals surface area contributed by atoms with E-state index in [4.69, 9.17) is 11.2 Å². The van der Waals surface area contributed by atoms with Crippen molar-refractivity contribution in [3.63, 3.8) is 0 Å². The number of hydrogen-bond acceptors (Lipinski definition) is 4. The van der Waals surface area contributed by atoms with E-state index >= 15 is 0 Å². The summed E-state index contributed by atoms with van der Waals surface area (Å²) < 4.78 is 22.2. The van der Waals surface area contributed by atoms with Crippen LogP contribution in [-0.4, -0.2) is 9.19 Å². The van der Waals surface area contributed by atoms with Crippen LogP contribution in [0.2, 0.25) is 0 Å². The van der Waals surface area contributed by atoms with Crippen LogP contribution in [0.3, 0.4) is 0 Å². The maximum atomic E-state index is 12.7. The summed E-state index contributed by atoms with van der Waals surface area (Å²) >= 11 is 0.458. The molecule has 1 N–H and O–H groups in total. The molecule has 0 aliphatic heterocycles. The van der Waals surface area contributed by atoms with Crippen molar-refractivity contribution in [3.8, 4) is 12.3 Å². The Balaban J connectivity index is 1.86. The third kappa shape index (κ3) is 3.16. The summed E-state index contributed by atoms with van der Waals surface area (Å²) in [7, 11) is 0. The van der Waals surface area contributed by atoms with Gasteiger partial charge in [-0.1, -0.05) is 0 Å². The van der Waals surface area contributed by atoms with Gasteiger partial charge in [-0.3, -0.25) is 0 Å². The van der Waals surface area contributed by atoms with Crippen molar-refractivity contribution in [1.29, 1.82) is 4.78 Å². The second-order valence-corrected chi connectivity index (χ2v) is 13.8. The summed E-state index contributed by atoms with van der Waals surface area (Å²) in [5, 5.41) is 1.08. The number of alkyl halides is 1. The zero-order chi connectivity index (χ0) is 15.6. The van der Waals surface area contributed by atoms with Gasteiger partial charge in [0.15, 0.2) is 0 Å². The summed E-state index contributed by atoms with van der Waals surface area (Å²) in [5.41, 5.74) is 2.05. The molecule has 0 amide bonds. The maximum absolute atomic E-state index is 12.7. The number of benzene rings is 1. The van der Waals surface area contributed by atoms with E-state index in [2.05, 4.69) is 10.9 Å². The molecule has 2 heterocycles. The van der Waals surface area contributed by atoms with Crippen LogP contribution in [0.15, 0.2) is 52.9 Å². The van der Waals surface area contributed by atoms with Gasteiger partial charge in [0, 0.05) is 0 Å². The molecular formula is C16H12IN2OS2-. The second-order valence-electron chi connectivity index (χ2n) is 4.48.